The Balaban J connectivity index is 2.40. The number of ether oxygens (including phenoxy) is 1. The highest BCUT2D eigenvalue weighted by atomic mass is 16.5. The van der Waals surface area contributed by atoms with Gasteiger partial charge in [0.25, 0.3) is 0 Å². The van der Waals surface area contributed by atoms with E-state index in [-0.39, 0.29) is 6.61 Å². The molecule has 0 aliphatic rings. The molecule has 0 saturated carbocycles. The van der Waals surface area contributed by atoms with Crippen LogP contribution >= 0.6 is 0 Å². The normalized spacial score (nSPS) is 9.40. The molecule has 1 aromatic rings. The second-order valence-corrected chi connectivity index (χ2v) is 2.83. The molecule has 0 unspecified atom stereocenters. The summed E-state index contributed by atoms with van der Waals surface area (Å²) in [6.07, 6.45) is 4.21. The van der Waals surface area contributed by atoms with Gasteiger partial charge in [0.2, 0.25) is 0 Å². The number of hydrogen-bond donors (Lipinski definition) is 1. The third-order valence-electron chi connectivity index (χ3n) is 1.72. The average molecular weight is 207 g/mol. The zero-order valence-corrected chi connectivity index (χ0v) is 8.56. The molecule has 0 atom stereocenters. The highest BCUT2D eigenvalue weighted by Crippen LogP contribution is 1.98. The predicted molar refractivity (Wildman–Crippen MR) is 55.2 cm³/mol. The molecule has 1 heterocycles. The molecule has 15 heavy (non-hydrogen) atoms. The van der Waals surface area contributed by atoms with E-state index < -0.39 is 6.09 Å². The largest absolute Gasteiger partial charge is 0.445 e. The zero-order chi connectivity index (χ0) is 11.1. The molecule has 0 aliphatic carbocycles. The van der Waals surface area contributed by atoms with Crippen molar-refractivity contribution in [1.29, 1.82) is 0 Å². The summed E-state index contributed by atoms with van der Waals surface area (Å²) in [7, 11) is 0. The summed E-state index contributed by atoms with van der Waals surface area (Å²) in [6.45, 7) is 5.78. The quantitative estimate of drug-likeness (QED) is 0.753. The SMILES string of the molecule is C=CCOC(=O)NCc1nccnc1C. The van der Waals surface area contributed by atoms with Gasteiger partial charge in [-0.25, -0.2) is 4.79 Å². The first-order valence-electron chi connectivity index (χ1n) is 4.52. The fourth-order valence-corrected chi connectivity index (χ4v) is 0.951. The third kappa shape index (κ3) is 3.76. The van der Waals surface area contributed by atoms with Crippen molar-refractivity contribution in [3.8, 4) is 0 Å². The number of aromatic nitrogens is 2. The monoisotopic (exact) mass is 207 g/mol. The Hall–Kier alpha value is -1.91. The van der Waals surface area contributed by atoms with Gasteiger partial charge < -0.3 is 10.1 Å². The van der Waals surface area contributed by atoms with Gasteiger partial charge in [0.05, 0.1) is 17.9 Å². The number of rotatable bonds is 4. The first-order chi connectivity index (χ1) is 7.24. The number of carbonyl (C=O) groups is 1. The van der Waals surface area contributed by atoms with Crippen molar-refractivity contribution in [2.45, 2.75) is 13.5 Å². The van der Waals surface area contributed by atoms with Crippen LogP contribution in [-0.4, -0.2) is 22.7 Å². The van der Waals surface area contributed by atoms with E-state index in [2.05, 4.69) is 21.9 Å². The van der Waals surface area contributed by atoms with Crippen LogP contribution in [0.15, 0.2) is 25.0 Å². The number of aryl methyl sites for hydroxylation is 1. The topological polar surface area (TPSA) is 64.1 Å². The van der Waals surface area contributed by atoms with E-state index in [9.17, 15) is 4.79 Å². The summed E-state index contributed by atoms with van der Waals surface area (Å²) in [5.41, 5.74) is 1.52. The van der Waals surface area contributed by atoms with Crippen LogP contribution in [0.2, 0.25) is 0 Å². The van der Waals surface area contributed by atoms with Crippen molar-refractivity contribution in [3.05, 3.63) is 36.4 Å². The number of alkyl carbamates (subject to hydrolysis) is 1. The van der Waals surface area contributed by atoms with E-state index in [1.54, 1.807) is 12.4 Å². The molecule has 0 spiro atoms. The zero-order valence-electron chi connectivity index (χ0n) is 8.56. The minimum Gasteiger partial charge on any atom is -0.445 e. The van der Waals surface area contributed by atoms with Gasteiger partial charge in [-0.1, -0.05) is 12.7 Å². The van der Waals surface area contributed by atoms with E-state index in [0.29, 0.717) is 6.54 Å². The van der Waals surface area contributed by atoms with Gasteiger partial charge in [-0.05, 0) is 6.92 Å². The molecule has 80 valence electrons. The third-order valence-corrected chi connectivity index (χ3v) is 1.72. The molecule has 0 aromatic carbocycles. The van der Waals surface area contributed by atoms with E-state index in [1.165, 1.54) is 6.08 Å². The summed E-state index contributed by atoms with van der Waals surface area (Å²) in [4.78, 5) is 19.2. The number of carbonyl (C=O) groups excluding carboxylic acids is 1. The maximum atomic E-state index is 11.1. The van der Waals surface area contributed by atoms with Crippen molar-refractivity contribution in [1.82, 2.24) is 15.3 Å². The molecule has 0 fully saturated rings. The maximum Gasteiger partial charge on any atom is 0.407 e. The summed E-state index contributed by atoms with van der Waals surface area (Å²) >= 11 is 0. The van der Waals surface area contributed by atoms with Crippen LogP contribution in [0.5, 0.6) is 0 Å². The summed E-state index contributed by atoms with van der Waals surface area (Å²) < 4.78 is 4.74. The van der Waals surface area contributed by atoms with E-state index in [1.807, 2.05) is 6.92 Å². The highest BCUT2D eigenvalue weighted by molar-refractivity contribution is 5.67. The van der Waals surface area contributed by atoms with Crippen molar-refractivity contribution >= 4 is 6.09 Å². The molecule has 5 heteroatoms. The number of nitrogens with zero attached hydrogens (tertiary/aromatic N) is 2. The highest BCUT2D eigenvalue weighted by Gasteiger charge is 2.03. The lowest BCUT2D eigenvalue weighted by Crippen LogP contribution is -2.24. The molecule has 0 radical (unpaired) electrons. The lowest BCUT2D eigenvalue weighted by Gasteiger charge is -2.05. The van der Waals surface area contributed by atoms with Crippen molar-refractivity contribution in [2.24, 2.45) is 0 Å². The van der Waals surface area contributed by atoms with Crippen LogP contribution in [0, 0.1) is 6.92 Å². The molecule has 1 amide bonds. The van der Waals surface area contributed by atoms with E-state index in [4.69, 9.17) is 4.74 Å². The van der Waals surface area contributed by atoms with Gasteiger partial charge in [0.1, 0.15) is 6.61 Å². The Labute approximate surface area is 88.2 Å². The lowest BCUT2D eigenvalue weighted by molar-refractivity contribution is 0.157. The first kappa shape index (κ1) is 11.2. The Bertz CT molecular complexity index is 352. The molecule has 0 aliphatic heterocycles. The Morgan fingerprint density at radius 2 is 2.33 bits per heavy atom. The summed E-state index contributed by atoms with van der Waals surface area (Å²) in [5.74, 6) is 0. The molecular weight excluding hydrogens is 194 g/mol. The van der Waals surface area contributed by atoms with Crippen LogP contribution in [0.3, 0.4) is 0 Å². The summed E-state index contributed by atoms with van der Waals surface area (Å²) in [6, 6.07) is 0. The minimum absolute atomic E-state index is 0.200. The van der Waals surface area contributed by atoms with Gasteiger partial charge in [-0.15, -0.1) is 0 Å². The van der Waals surface area contributed by atoms with Crippen molar-refractivity contribution in [3.63, 3.8) is 0 Å². The van der Waals surface area contributed by atoms with Crippen molar-refractivity contribution < 1.29 is 9.53 Å². The van der Waals surface area contributed by atoms with E-state index >= 15 is 0 Å². The van der Waals surface area contributed by atoms with Crippen LogP contribution < -0.4 is 5.32 Å². The van der Waals surface area contributed by atoms with Crippen LogP contribution in [0.4, 0.5) is 4.79 Å². The minimum atomic E-state index is -0.486. The van der Waals surface area contributed by atoms with Gasteiger partial charge in [0, 0.05) is 12.4 Å². The molecular formula is C10H13N3O2. The Morgan fingerprint density at radius 1 is 1.60 bits per heavy atom. The maximum absolute atomic E-state index is 11.1. The fourth-order valence-electron chi connectivity index (χ4n) is 0.951. The molecule has 0 bridgehead atoms. The average Bonchev–Trinajstić information content (AvgIpc) is 2.25. The van der Waals surface area contributed by atoms with E-state index in [0.717, 1.165) is 11.4 Å². The smallest absolute Gasteiger partial charge is 0.407 e. The lowest BCUT2D eigenvalue weighted by atomic mass is 10.3. The Morgan fingerprint density at radius 3 is 3.00 bits per heavy atom. The number of nitrogens with one attached hydrogen (secondary N) is 1. The molecule has 1 aromatic heterocycles. The summed E-state index contributed by atoms with van der Waals surface area (Å²) in [5, 5.41) is 2.56. The number of hydrogen-bond acceptors (Lipinski definition) is 4. The van der Waals surface area contributed by atoms with Crippen molar-refractivity contribution in [2.75, 3.05) is 6.61 Å². The van der Waals surface area contributed by atoms with Gasteiger partial charge in [-0.2, -0.15) is 0 Å². The second kappa shape index (κ2) is 5.74. The second-order valence-electron chi connectivity index (χ2n) is 2.83. The van der Waals surface area contributed by atoms with Crippen LogP contribution in [0.1, 0.15) is 11.4 Å². The first-order valence-corrected chi connectivity index (χ1v) is 4.52. The molecule has 5 nitrogen and oxygen atoms in total. The molecule has 1 rings (SSSR count). The Kier molecular flexibility index (Phi) is 4.28. The standard InChI is InChI=1S/C10H13N3O2/c1-3-6-15-10(14)13-7-9-8(2)11-4-5-12-9/h3-5H,1,6-7H2,2H3,(H,13,14). The molecule has 0 saturated heterocycles. The predicted octanol–water partition coefficient (Wildman–Crippen LogP) is 1.20. The van der Waals surface area contributed by atoms with Crippen LogP contribution in [0.25, 0.3) is 0 Å². The van der Waals surface area contributed by atoms with Crippen LogP contribution in [-0.2, 0) is 11.3 Å². The van der Waals surface area contributed by atoms with Gasteiger partial charge >= 0.3 is 6.09 Å². The van der Waals surface area contributed by atoms with Gasteiger partial charge in [-0.3, -0.25) is 9.97 Å². The fraction of sp³-hybridized carbons (Fsp3) is 0.300. The number of amides is 1. The molecule has 1 N–H and O–H groups in total. The van der Waals surface area contributed by atoms with Gasteiger partial charge in [0.15, 0.2) is 0 Å².